The number of piperidine rings is 1. The van der Waals surface area contributed by atoms with E-state index in [1.54, 1.807) is 11.0 Å². The maximum Gasteiger partial charge on any atom is 0.573 e. The number of halogens is 4. The summed E-state index contributed by atoms with van der Waals surface area (Å²) in [4.78, 5) is 32.3. The van der Waals surface area contributed by atoms with E-state index in [1.807, 2.05) is 20.8 Å². The number of aromatic nitrogens is 2. The minimum absolute atomic E-state index is 0.0761. The Balaban J connectivity index is 1.37. The van der Waals surface area contributed by atoms with Gasteiger partial charge in [0, 0.05) is 30.1 Å². The van der Waals surface area contributed by atoms with Gasteiger partial charge in [0.25, 0.3) is 0 Å². The predicted molar refractivity (Wildman–Crippen MR) is 145 cm³/mol. The van der Waals surface area contributed by atoms with Crippen LogP contribution >= 0.6 is 0 Å². The summed E-state index contributed by atoms with van der Waals surface area (Å²) >= 11 is 0. The number of hydrogen-bond acceptors (Lipinski definition) is 7. The van der Waals surface area contributed by atoms with Crippen molar-refractivity contribution in [2.24, 2.45) is 5.41 Å². The molecule has 1 aliphatic carbocycles. The van der Waals surface area contributed by atoms with Gasteiger partial charge in [0.05, 0.1) is 11.3 Å². The lowest BCUT2D eigenvalue weighted by molar-refractivity contribution is -0.274. The molecule has 5 rings (SSSR count). The van der Waals surface area contributed by atoms with E-state index in [2.05, 4.69) is 20.2 Å². The minimum Gasteiger partial charge on any atom is -0.448 e. The molecular formula is C30H32F4N4O5. The molecule has 9 nitrogen and oxygen atoms in total. The molecule has 2 amide bonds. The summed E-state index contributed by atoms with van der Waals surface area (Å²) < 4.78 is 66.8. The number of carbonyl (C=O) groups excluding carboxylic acids is 2. The number of likely N-dealkylation sites (tertiary alicyclic amines) is 1. The summed E-state index contributed by atoms with van der Waals surface area (Å²) in [6.07, 6.45) is -3.87. The molecule has 0 spiro atoms. The fourth-order valence-corrected chi connectivity index (χ4v) is 5.23. The van der Waals surface area contributed by atoms with Crippen LogP contribution in [0.1, 0.15) is 63.3 Å². The molecule has 1 aromatic heterocycles. The topological polar surface area (TPSA) is 107 Å². The van der Waals surface area contributed by atoms with E-state index < -0.39 is 35.1 Å². The van der Waals surface area contributed by atoms with E-state index in [9.17, 15) is 27.2 Å². The Bertz CT molecular complexity index is 1460. The highest BCUT2D eigenvalue weighted by molar-refractivity contribution is 5.86. The van der Waals surface area contributed by atoms with Crippen molar-refractivity contribution in [2.75, 3.05) is 19.7 Å². The number of ether oxygens (including phenoxy) is 2. The number of carbonyl (C=O) groups is 2. The summed E-state index contributed by atoms with van der Waals surface area (Å²) in [6, 6.07) is 11.3. The van der Waals surface area contributed by atoms with Crippen LogP contribution in [-0.2, 0) is 9.53 Å². The number of hydrogen-bond donors (Lipinski definition) is 1. The number of alkyl halides is 3. The van der Waals surface area contributed by atoms with Crippen LogP contribution in [-0.4, -0.2) is 58.6 Å². The van der Waals surface area contributed by atoms with Crippen LogP contribution < -0.4 is 10.1 Å². The van der Waals surface area contributed by atoms with Crippen LogP contribution in [0.3, 0.4) is 0 Å². The van der Waals surface area contributed by atoms with Crippen LogP contribution in [0.15, 0.2) is 53.1 Å². The first kappa shape index (κ1) is 30.3. The first-order valence-electron chi connectivity index (χ1n) is 13.9. The van der Waals surface area contributed by atoms with E-state index >= 15 is 0 Å². The molecule has 2 unspecified atom stereocenters. The van der Waals surface area contributed by atoms with Crippen LogP contribution in [0, 0.1) is 11.2 Å². The van der Waals surface area contributed by atoms with E-state index in [0.717, 1.165) is 0 Å². The third kappa shape index (κ3) is 7.63. The van der Waals surface area contributed by atoms with E-state index in [-0.39, 0.29) is 49.0 Å². The number of rotatable bonds is 7. The van der Waals surface area contributed by atoms with Gasteiger partial charge in [-0.3, -0.25) is 4.79 Å². The van der Waals surface area contributed by atoms with Gasteiger partial charge in [0.1, 0.15) is 18.2 Å². The quantitative estimate of drug-likeness (QED) is 0.321. The SMILES string of the molecule is CC(C)(C)NC(=O)OCC1(C(=O)N2CC(c3ccc(OC(F)(F)F)cc3)CC(c3nc(-c4cccc(F)c4)no3)C2)CC1. The highest BCUT2D eigenvalue weighted by Gasteiger charge is 2.54. The lowest BCUT2D eigenvalue weighted by Crippen LogP contribution is -2.47. The fourth-order valence-electron chi connectivity index (χ4n) is 5.23. The smallest absolute Gasteiger partial charge is 0.448 e. The average Bonchev–Trinajstić information content (AvgIpc) is 3.56. The number of nitrogens with one attached hydrogen (secondary N) is 1. The molecule has 0 radical (unpaired) electrons. The van der Waals surface area contributed by atoms with Gasteiger partial charge in [-0.05, 0) is 69.9 Å². The first-order chi connectivity index (χ1) is 20.2. The van der Waals surface area contributed by atoms with Crippen molar-refractivity contribution in [3.63, 3.8) is 0 Å². The monoisotopic (exact) mass is 604 g/mol. The lowest BCUT2D eigenvalue weighted by atomic mass is 9.83. The third-order valence-corrected chi connectivity index (χ3v) is 7.46. The Morgan fingerprint density at radius 2 is 1.77 bits per heavy atom. The summed E-state index contributed by atoms with van der Waals surface area (Å²) in [6.45, 7) is 5.91. The van der Waals surface area contributed by atoms with Crippen molar-refractivity contribution < 1.29 is 41.1 Å². The summed E-state index contributed by atoms with van der Waals surface area (Å²) in [5, 5.41) is 6.73. The van der Waals surface area contributed by atoms with Crippen molar-refractivity contribution >= 4 is 12.0 Å². The Kier molecular flexibility index (Phi) is 8.10. The molecule has 13 heteroatoms. The summed E-state index contributed by atoms with van der Waals surface area (Å²) in [5.41, 5.74) is -0.223. The minimum atomic E-state index is -4.82. The maximum absolute atomic E-state index is 13.9. The molecule has 2 fully saturated rings. The Morgan fingerprint density at radius 3 is 2.40 bits per heavy atom. The van der Waals surface area contributed by atoms with Crippen molar-refractivity contribution in [3.8, 4) is 17.1 Å². The van der Waals surface area contributed by atoms with Gasteiger partial charge in [-0.1, -0.05) is 29.4 Å². The molecule has 1 saturated carbocycles. The largest absolute Gasteiger partial charge is 0.573 e. The van der Waals surface area contributed by atoms with E-state index in [1.165, 1.54) is 42.5 Å². The third-order valence-electron chi connectivity index (χ3n) is 7.46. The molecular weight excluding hydrogens is 572 g/mol. The van der Waals surface area contributed by atoms with Crippen LogP contribution in [0.5, 0.6) is 5.75 Å². The normalized spacial score (nSPS) is 19.9. The van der Waals surface area contributed by atoms with Gasteiger partial charge in [0.15, 0.2) is 0 Å². The second-order valence-corrected chi connectivity index (χ2v) is 12.2. The Labute approximate surface area is 245 Å². The fraction of sp³-hybridized carbons (Fsp3) is 0.467. The Morgan fingerprint density at radius 1 is 1.07 bits per heavy atom. The molecule has 43 heavy (non-hydrogen) atoms. The van der Waals surface area contributed by atoms with Crippen molar-refractivity contribution in [3.05, 3.63) is 65.8 Å². The molecule has 3 aromatic rings. The second kappa shape index (κ2) is 11.5. The summed E-state index contributed by atoms with van der Waals surface area (Å²) in [5.74, 6) is -1.24. The highest BCUT2D eigenvalue weighted by atomic mass is 19.4. The molecule has 2 atom stereocenters. The predicted octanol–water partition coefficient (Wildman–Crippen LogP) is 6.18. The lowest BCUT2D eigenvalue weighted by Gasteiger charge is -2.38. The molecule has 2 heterocycles. The zero-order valence-corrected chi connectivity index (χ0v) is 23.9. The number of nitrogens with zero attached hydrogens (tertiary/aromatic N) is 3. The number of alkyl carbamates (subject to hydrolysis) is 1. The zero-order chi connectivity index (χ0) is 31.0. The highest BCUT2D eigenvalue weighted by Crippen LogP contribution is 2.49. The zero-order valence-electron chi connectivity index (χ0n) is 23.9. The van der Waals surface area contributed by atoms with Gasteiger partial charge >= 0.3 is 12.5 Å². The van der Waals surface area contributed by atoms with Gasteiger partial charge in [-0.15, -0.1) is 13.2 Å². The van der Waals surface area contributed by atoms with Crippen molar-refractivity contribution in [1.29, 1.82) is 0 Å². The molecule has 2 aromatic carbocycles. The second-order valence-electron chi connectivity index (χ2n) is 12.2. The van der Waals surface area contributed by atoms with Crippen molar-refractivity contribution in [1.82, 2.24) is 20.4 Å². The first-order valence-corrected chi connectivity index (χ1v) is 13.9. The van der Waals surface area contributed by atoms with Crippen LogP contribution in [0.4, 0.5) is 22.4 Å². The van der Waals surface area contributed by atoms with E-state index in [4.69, 9.17) is 9.26 Å². The number of amides is 2. The molecule has 1 saturated heterocycles. The molecule has 0 bridgehead atoms. The molecule has 1 N–H and O–H groups in total. The van der Waals surface area contributed by atoms with Crippen molar-refractivity contribution in [2.45, 2.75) is 63.8 Å². The maximum atomic E-state index is 13.9. The standard InChI is InChI=1S/C30H32F4N4O5/c1-28(2,3)36-27(40)41-17-29(11-12-29)26(39)38-15-20(18-7-9-23(10-8-18)42-30(32,33)34)13-21(16-38)25-35-24(37-43-25)19-5-4-6-22(31)14-19/h4-10,14,20-21H,11-13,15-17H2,1-3H3,(H,36,40). The van der Waals surface area contributed by atoms with Gasteiger partial charge in [-0.25, -0.2) is 9.18 Å². The van der Waals surface area contributed by atoms with Gasteiger partial charge in [-0.2, -0.15) is 4.98 Å². The van der Waals surface area contributed by atoms with Gasteiger partial charge < -0.3 is 24.2 Å². The van der Waals surface area contributed by atoms with Crippen LogP contribution in [0.2, 0.25) is 0 Å². The average molecular weight is 605 g/mol. The number of benzene rings is 2. The van der Waals surface area contributed by atoms with E-state index in [0.29, 0.717) is 30.4 Å². The molecule has 1 aliphatic heterocycles. The Hall–Kier alpha value is -4.16. The van der Waals surface area contributed by atoms with Crippen LogP contribution in [0.25, 0.3) is 11.4 Å². The van der Waals surface area contributed by atoms with Gasteiger partial charge in [0.2, 0.25) is 17.6 Å². The molecule has 2 aliphatic rings. The molecule has 230 valence electrons. The summed E-state index contributed by atoms with van der Waals surface area (Å²) in [7, 11) is 0.